The Balaban J connectivity index is 1.91. The summed E-state index contributed by atoms with van der Waals surface area (Å²) in [6, 6.07) is 3.55. The molecular weight excluding hydrogens is 252 g/mol. The molecule has 1 atom stereocenters. The van der Waals surface area contributed by atoms with E-state index in [1.807, 2.05) is 0 Å². The molecule has 0 bridgehead atoms. The minimum atomic E-state index is -0.0718. The fourth-order valence-electron chi connectivity index (χ4n) is 2.08. The van der Waals surface area contributed by atoms with Crippen LogP contribution in [0.4, 0.5) is 0 Å². The van der Waals surface area contributed by atoms with Gasteiger partial charge in [0.05, 0.1) is 10.4 Å². The first-order chi connectivity index (χ1) is 8.67. The molecule has 1 unspecified atom stereocenters. The van der Waals surface area contributed by atoms with Gasteiger partial charge in [-0.2, -0.15) is 4.98 Å². The normalized spacial score (nSPS) is 23.4. The Morgan fingerprint density at radius 2 is 2.33 bits per heavy atom. The van der Waals surface area contributed by atoms with Gasteiger partial charge in [-0.05, 0) is 32.0 Å². The number of nitrogens with zero attached hydrogens (tertiary/aromatic N) is 3. The Labute approximate surface area is 110 Å². The van der Waals surface area contributed by atoms with E-state index in [1.54, 1.807) is 18.3 Å². The SMILES string of the molecule is CC1(c2nc(-c3ccc(Cl)cn3)no2)CCNC1. The number of rotatable bonds is 2. The van der Waals surface area contributed by atoms with Gasteiger partial charge >= 0.3 is 0 Å². The molecule has 1 aliphatic rings. The molecule has 0 aliphatic carbocycles. The zero-order valence-corrected chi connectivity index (χ0v) is 10.7. The Hall–Kier alpha value is -1.46. The van der Waals surface area contributed by atoms with E-state index in [1.165, 1.54) is 0 Å². The smallest absolute Gasteiger partial charge is 0.234 e. The van der Waals surface area contributed by atoms with E-state index in [0.717, 1.165) is 19.5 Å². The quantitative estimate of drug-likeness (QED) is 0.899. The van der Waals surface area contributed by atoms with Crippen LogP contribution in [0.25, 0.3) is 11.5 Å². The lowest BCUT2D eigenvalue weighted by Gasteiger charge is -2.15. The van der Waals surface area contributed by atoms with Crippen molar-refractivity contribution in [1.29, 1.82) is 0 Å². The van der Waals surface area contributed by atoms with Crippen LogP contribution in [-0.2, 0) is 5.41 Å². The Morgan fingerprint density at radius 1 is 1.44 bits per heavy atom. The van der Waals surface area contributed by atoms with Crippen LogP contribution in [0.3, 0.4) is 0 Å². The number of halogens is 1. The highest BCUT2D eigenvalue weighted by atomic mass is 35.5. The standard InChI is InChI=1S/C12H13ClN4O/c1-12(4-5-14-7-12)11-16-10(17-18-11)9-3-2-8(13)6-15-9/h2-3,6,14H,4-5,7H2,1H3. The molecule has 1 N–H and O–H groups in total. The molecule has 3 heterocycles. The van der Waals surface area contributed by atoms with Crippen LogP contribution in [-0.4, -0.2) is 28.2 Å². The highest BCUT2D eigenvalue weighted by Gasteiger charge is 2.36. The van der Waals surface area contributed by atoms with Gasteiger partial charge < -0.3 is 9.84 Å². The van der Waals surface area contributed by atoms with Gasteiger partial charge in [-0.3, -0.25) is 4.98 Å². The van der Waals surface area contributed by atoms with E-state index in [9.17, 15) is 0 Å². The van der Waals surface area contributed by atoms with Crippen LogP contribution in [0.1, 0.15) is 19.2 Å². The van der Waals surface area contributed by atoms with Crippen molar-refractivity contribution in [1.82, 2.24) is 20.4 Å². The molecule has 0 saturated carbocycles. The summed E-state index contributed by atoms with van der Waals surface area (Å²) in [5, 5.41) is 7.89. The van der Waals surface area contributed by atoms with Gasteiger partial charge in [0.15, 0.2) is 0 Å². The summed E-state index contributed by atoms with van der Waals surface area (Å²) < 4.78 is 5.36. The molecule has 2 aromatic rings. The monoisotopic (exact) mass is 264 g/mol. The fourth-order valence-corrected chi connectivity index (χ4v) is 2.19. The van der Waals surface area contributed by atoms with E-state index in [0.29, 0.717) is 22.4 Å². The van der Waals surface area contributed by atoms with Crippen molar-refractivity contribution in [2.24, 2.45) is 0 Å². The molecule has 18 heavy (non-hydrogen) atoms. The second-order valence-corrected chi connectivity index (χ2v) is 5.21. The van der Waals surface area contributed by atoms with Crippen LogP contribution >= 0.6 is 11.6 Å². The average molecular weight is 265 g/mol. The summed E-state index contributed by atoms with van der Waals surface area (Å²) in [4.78, 5) is 8.62. The van der Waals surface area contributed by atoms with Crippen molar-refractivity contribution in [2.75, 3.05) is 13.1 Å². The maximum absolute atomic E-state index is 5.80. The summed E-state index contributed by atoms with van der Waals surface area (Å²) in [5.74, 6) is 1.18. The van der Waals surface area contributed by atoms with Gasteiger partial charge in [0, 0.05) is 12.7 Å². The van der Waals surface area contributed by atoms with Crippen molar-refractivity contribution in [3.8, 4) is 11.5 Å². The maximum atomic E-state index is 5.80. The van der Waals surface area contributed by atoms with Crippen LogP contribution in [0.5, 0.6) is 0 Å². The Kier molecular flexibility index (Phi) is 2.80. The van der Waals surface area contributed by atoms with E-state index in [-0.39, 0.29) is 5.41 Å². The van der Waals surface area contributed by atoms with Gasteiger partial charge in [-0.1, -0.05) is 16.8 Å². The number of pyridine rings is 1. The number of hydrogen-bond acceptors (Lipinski definition) is 5. The van der Waals surface area contributed by atoms with Crippen LogP contribution in [0, 0.1) is 0 Å². The molecule has 5 nitrogen and oxygen atoms in total. The third-order valence-electron chi connectivity index (χ3n) is 3.27. The highest BCUT2D eigenvalue weighted by Crippen LogP contribution is 2.29. The predicted molar refractivity (Wildman–Crippen MR) is 67.4 cm³/mol. The predicted octanol–water partition coefficient (Wildman–Crippen LogP) is 2.04. The van der Waals surface area contributed by atoms with Crippen LogP contribution in [0.15, 0.2) is 22.9 Å². The Bertz CT molecular complexity index is 545. The minimum Gasteiger partial charge on any atom is -0.338 e. The number of aromatic nitrogens is 3. The zero-order chi connectivity index (χ0) is 12.6. The van der Waals surface area contributed by atoms with E-state index in [2.05, 4.69) is 27.4 Å². The zero-order valence-electron chi connectivity index (χ0n) is 9.98. The van der Waals surface area contributed by atoms with Crippen LogP contribution < -0.4 is 5.32 Å². The van der Waals surface area contributed by atoms with Gasteiger partial charge in [0.25, 0.3) is 0 Å². The summed E-state index contributed by atoms with van der Waals surface area (Å²) in [7, 11) is 0. The molecule has 6 heteroatoms. The van der Waals surface area contributed by atoms with Crippen molar-refractivity contribution in [3.63, 3.8) is 0 Å². The molecule has 0 amide bonds. The van der Waals surface area contributed by atoms with E-state index >= 15 is 0 Å². The van der Waals surface area contributed by atoms with Crippen LogP contribution in [0.2, 0.25) is 5.02 Å². The highest BCUT2D eigenvalue weighted by molar-refractivity contribution is 6.30. The van der Waals surface area contributed by atoms with Crippen molar-refractivity contribution < 1.29 is 4.52 Å². The summed E-state index contributed by atoms with van der Waals surface area (Å²) in [5.41, 5.74) is 0.599. The Morgan fingerprint density at radius 3 is 3.00 bits per heavy atom. The maximum Gasteiger partial charge on any atom is 0.234 e. The molecule has 0 aromatic carbocycles. The molecule has 3 rings (SSSR count). The van der Waals surface area contributed by atoms with E-state index in [4.69, 9.17) is 16.1 Å². The first kappa shape index (κ1) is 11.6. The minimum absolute atomic E-state index is 0.0718. The average Bonchev–Trinajstić information content (AvgIpc) is 2.99. The molecule has 1 fully saturated rings. The fraction of sp³-hybridized carbons (Fsp3) is 0.417. The third-order valence-corrected chi connectivity index (χ3v) is 3.49. The summed E-state index contributed by atoms with van der Waals surface area (Å²) in [6.07, 6.45) is 2.58. The van der Waals surface area contributed by atoms with Crippen molar-refractivity contribution >= 4 is 11.6 Å². The summed E-state index contributed by atoms with van der Waals surface area (Å²) in [6.45, 7) is 3.97. The lowest BCUT2D eigenvalue weighted by molar-refractivity contribution is 0.306. The second kappa shape index (κ2) is 4.33. The topological polar surface area (TPSA) is 63.8 Å². The van der Waals surface area contributed by atoms with Gasteiger partial charge in [0.1, 0.15) is 5.69 Å². The number of nitrogens with one attached hydrogen (secondary N) is 1. The van der Waals surface area contributed by atoms with Crippen molar-refractivity contribution in [3.05, 3.63) is 29.2 Å². The molecule has 94 valence electrons. The van der Waals surface area contributed by atoms with Gasteiger partial charge in [0.2, 0.25) is 11.7 Å². The second-order valence-electron chi connectivity index (χ2n) is 4.77. The van der Waals surface area contributed by atoms with E-state index < -0.39 is 0 Å². The molecule has 0 spiro atoms. The van der Waals surface area contributed by atoms with Crippen molar-refractivity contribution in [2.45, 2.75) is 18.8 Å². The lowest BCUT2D eigenvalue weighted by atomic mass is 9.90. The van der Waals surface area contributed by atoms with Gasteiger partial charge in [-0.25, -0.2) is 0 Å². The largest absolute Gasteiger partial charge is 0.338 e. The van der Waals surface area contributed by atoms with Gasteiger partial charge in [-0.15, -0.1) is 0 Å². The molecular formula is C12H13ClN4O. The summed E-state index contributed by atoms with van der Waals surface area (Å²) >= 11 is 5.80. The molecule has 1 saturated heterocycles. The number of hydrogen-bond donors (Lipinski definition) is 1. The molecule has 1 aliphatic heterocycles. The molecule has 2 aromatic heterocycles. The third kappa shape index (κ3) is 2.00. The lowest BCUT2D eigenvalue weighted by Crippen LogP contribution is -2.25. The first-order valence-corrected chi connectivity index (χ1v) is 6.22. The molecule has 0 radical (unpaired) electrons. The first-order valence-electron chi connectivity index (χ1n) is 5.84.